The van der Waals surface area contributed by atoms with Gasteiger partial charge in [0.25, 0.3) is 0 Å². The summed E-state index contributed by atoms with van der Waals surface area (Å²) in [6, 6.07) is 9.92. The number of benzene rings is 1. The predicted octanol–water partition coefficient (Wildman–Crippen LogP) is 4.48. The lowest BCUT2D eigenvalue weighted by Gasteiger charge is -2.13. The number of nitrogens with one attached hydrogen (secondary N) is 1. The molecule has 0 amide bonds. The Hall–Kier alpha value is -0.590. The maximum Gasteiger partial charge on any atom is 0.138 e. The molecule has 6 heteroatoms. The first-order chi connectivity index (χ1) is 10.2. The van der Waals surface area contributed by atoms with Crippen molar-refractivity contribution in [1.82, 2.24) is 5.32 Å². The Kier molecular flexibility index (Phi) is 6.99. The molecule has 21 heavy (non-hydrogen) atoms. The summed E-state index contributed by atoms with van der Waals surface area (Å²) >= 11 is 11.0. The Morgan fingerprint density at radius 2 is 2.14 bits per heavy atom. The van der Waals surface area contributed by atoms with Crippen LogP contribution in [-0.2, 0) is 17.9 Å². The van der Waals surface area contributed by atoms with Crippen molar-refractivity contribution in [2.75, 3.05) is 20.3 Å². The van der Waals surface area contributed by atoms with E-state index >= 15 is 0 Å². The first-order valence-electron chi connectivity index (χ1n) is 6.54. The molecule has 1 aromatic heterocycles. The molecule has 0 spiro atoms. The van der Waals surface area contributed by atoms with Crippen LogP contribution >= 0.6 is 38.9 Å². The molecule has 0 radical (unpaired) electrons. The van der Waals surface area contributed by atoms with Gasteiger partial charge in [0.15, 0.2) is 0 Å². The van der Waals surface area contributed by atoms with Crippen LogP contribution in [0.25, 0.3) is 0 Å². The zero-order valence-corrected chi connectivity index (χ0v) is 14.9. The number of methoxy groups -OCH3 is 1. The van der Waals surface area contributed by atoms with Crippen LogP contribution in [0.2, 0.25) is 4.34 Å². The van der Waals surface area contributed by atoms with Gasteiger partial charge < -0.3 is 14.8 Å². The number of hydrogen-bond donors (Lipinski definition) is 1. The van der Waals surface area contributed by atoms with E-state index in [1.807, 2.05) is 24.3 Å². The minimum absolute atomic E-state index is 0.519. The third kappa shape index (κ3) is 5.27. The second-order valence-corrected chi connectivity index (χ2v) is 7.05. The lowest BCUT2D eigenvalue weighted by Crippen LogP contribution is -2.19. The molecule has 0 saturated carbocycles. The highest BCUT2D eigenvalue weighted by atomic mass is 79.9. The third-order valence-corrected chi connectivity index (χ3v) is 4.66. The van der Waals surface area contributed by atoms with Crippen LogP contribution in [0, 0.1) is 0 Å². The fraction of sp³-hybridized carbons (Fsp3) is 0.333. The Balaban J connectivity index is 1.99. The van der Waals surface area contributed by atoms with E-state index in [0.29, 0.717) is 13.2 Å². The van der Waals surface area contributed by atoms with E-state index < -0.39 is 0 Å². The standard InChI is InChI=1S/C15H17BrClNO2S/c1-19-8-7-18-9-11-3-2-4-13(16)15(11)20-10-12-5-6-14(17)21-12/h2-6,18H,7-10H2,1H3. The summed E-state index contributed by atoms with van der Waals surface area (Å²) in [6.07, 6.45) is 0. The van der Waals surface area contributed by atoms with Crippen LogP contribution in [0.4, 0.5) is 0 Å². The van der Waals surface area contributed by atoms with E-state index in [-0.39, 0.29) is 0 Å². The van der Waals surface area contributed by atoms with Gasteiger partial charge in [0.2, 0.25) is 0 Å². The molecule has 0 aliphatic heterocycles. The van der Waals surface area contributed by atoms with Gasteiger partial charge in [0.1, 0.15) is 12.4 Å². The van der Waals surface area contributed by atoms with Crippen molar-refractivity contribution >= 4 is 38.9 Å². The van der Waals surface area contributed by atoms with E-state index in [0.717, 1.165) is 38.1 Å². The molecule has 1 aromatic carbocycles. The van der Waals surface area contributed by atoms with Crippen LogP contribution < -0.4 is 10.1 Å². The van der Waals surface area contributed by atoms with E-state index in [4.69, 9.17) is 21.1 Å². The summed E-state index contributed by atoms with van der Waals surface area (Å²) in [5.74, 6) is 0.868. The van der Waals surface area contributed by atoms with Gasteiger partial charge in [-0.25, -0.2) is 0 Å². The summed E-state index contributed by atoms with van der Waals surface area (Å²) < 4.78 is 12.7. The Bertz CT molecular complexity index is 577. The molecule has 1 heterocycles. The van der Waals surface area contributed by atoms with Crippen LogP contribution in [-0.4, -0.2) is 20.3 Å². The van der Waals surface area contributed by atoms with Gasteiger partial charge >= 0.3 is 0 Å². The predicted molar refractivity (Wildman–Crippen MR) is 91.4 cm³/mol. The number of para-hydroxylation sites is 1. The van der Waals surface area contributed by atoms with E-state index in [2.05, 4.69) is 27.3 Å². The Morgan fingerprint density at radius 3 is 2.86 bits per heavy atom. The van der Waals surface area contributed by atoms with Gasteiger partial charge in [-0.05, 0) is 34.1 Å². The lowest BCUT2D eigenvalue weighted by molar-refractivity contribution is 0.199. The van der Waals surface area contributed by atoms with E-state index in [1.165, 1.54) is 11.3 Å². The number of ether oxygens (including phenoxy) is 2. The van der Waals surface area contributed by atoms with Gasteiger partial charge in [-0.2, -0.15) is 0 Å². The highest BCUT2D eigenvalue weighted by Crippen LogP contribution is 2.31. The van der Waals surface area contributed by atoms with Crippen LogP contribution in [0.5, 0.6) is 5.75 Å². The highest BCUT2D eigenvalue weighted by Gasteiger charge is 2.09. The van der Waals surface area contributed by atoms with Crippen molar-refractivity contribution in [3.05, 3.63) is 49.6 Å². The quantitative estimate of drug-likeness (QED) is 0.674. The molecule has 2 aromatic rings. The summed E-state index contributed by atoms with van der Waals surface area (Å²) in [5.41, 5.74) is 1.11. The molecule has 0 bridgehead atoms. The number of hydrogen-bond acceptors (Lipinski definition) is 4. The minimum Gasteiger partial charge on any atom is -0.487 e. The summed E-state index contributed by atoms with van der Waals surface area (Å²) in [7, 11) is 1.70. The molecule has 0 unspecified atom stereocenters. The first kappa shape index (κ1) is 16.8. The molecule has 0 atom stereocenters. The van der Waals surface area contributed by atoms with Gasteiger partial charge in [-0.1, -0.05) is 23.7 Å². The van der Waals surface area contributed by atoms with E-state index in [9.17, 15) is 0 Å². The normalized spacial score (nSPS) is 10.8. The van der Waals surface area contributed by atoms with Crippen molar-refractivity contribution in [3.8, 4) is 5.75 Å². The van der Waals surface area contributed by atoms with Gasteiger partial charge in [0.05, 0.1) is 15.4 Å². The fourth-order valence-electron chi connectivity index (χ4n) is 1.82. The maximum absolute atomic E-state index is 5.96. The molecule has 0 aliphatic carbocycles. The lowest BCUT2D eigenvalue weighted by atomic mass is 10.2. The van der Waals surface area contributed by atoms with Crippen LogP contribution in [0.3, 0.4) is 0 Å². The minimum atomic E-state index is 0.519. The largest absolute Gasteiger partial charge is 0.487 e. The van der Waals surface area contributed by atoms with Crippen molar-refractivity contribution < 1.29 is 9.47 Å². The zero-order valence-electron chi connectivity index (χ0n) is 11.7. The van der Waals surface area contributed by atoms with Crippen molar-refractivity contribution in [3.63, 3.8) is 0 Å². The molecule has 0 saturated heterocycles. The van der Waals surface area contributed by atoms with E-state index in [1.54, 1.807) is 7.11 Å². The molecule has 2 rings (SSSR count). The molecule has 0 fully saturated rings. The Labute approximate surface area is 142 Å². The molecule has 0 aliphatic rings. The topological polar surface area (TPSA) is 30.5 Å². The number of halogens is 2. The molecule has 3 nitrogen and oxygen atoms in total. The monoisotopic (exact) mass is 389 g/mol. The first-order valence-corrected chi connectivity index (χ1v) is 8.53. The second kappa shape index (κ2) is 8.76. The molecular weight excluding hydrogens is 374 g/mol. The average molecular weight is 391 g/mol. The van der Waals surface area contributed by atoms with Crippen LogP contribution in [0.15, 0.2) is 34.8 Å². The number of rotatable bonds is 8. The van der Waals surface area contributed by atoms with Crippen molar-refractivity contribution in [1.29, 1.82) is 0 Å². The summed E-state index contributed by atoms with van der Waals surface area (Å²) in [5, 5.41) is 3.33. The highest BCUT2D eigenvalue weighted by molar-refractivity contribution is 9.10. The maximum atomic E-state index is 5.96. The van der Waals surface area contributed by atoms with Gasteiger partial charge in [-0.15, -0.1) is 11.3 Å². The van der Waals surface area contributed by atoms with Crippen molar-refractivity contribution in [2.45, 2.75) is 13.2 Å². The third-order valence-electron chi connectivity index (χ3n) is 2.83. The van der Waals surface area contributed by atoms with Gasteiger partial charge in [0, 0.05) is 30.6 Å². The van der Waals surface area contributed by atoms with Gasteiger partial charge in [-0.3, -0.25) is 0 Å². The molecule has 1 N–H and O–H groups in total. The summed E-state index contributed by atoms with van der Waals surface area (Å²) in [4.78, 5) is 1.11. The smallest absolute Gasteiger partial charge is 0.138 e. The zero-order chi connectivity index (χ0) is 15.1. The Morgan fingerprint density at radius 1 is 1.29 bits per heavy atom. The molecule has 114 valence electrons. The number of thiophene rings is 1. The van der Waals surface area contributed by atoms with Crippen LogP contribution in [0.1, 0.15) is 10.4 Å². The second-order valence-electron chi connectivity index (χ2n) is 4.39. The SMILES string of the molecule is COCCNCc1cccc(Br)c1OCc1ccc(Cl)s1. The average Bonchev–Trinajstić information content (AvgIpc) is 2.88. The fourth-order valence-corrected chi connectivity index (χ4v) is 3.35. The molecular formula is C15H17BrClNO2S. The summed E-state index contributed by atoms with van der Waals surface area (Å²) in [6.45, 7) is 2.76. The van der Waals surface area contributed by atoms with Crippen molar-refractivity contribution in [2.24, 2.45) is 0 Å².